The van der Waals surface area contributed by atoms with Gasteiger partial charge in [-0.3, -0.25) is 9.59 Å². The molecule has 0 aromatic rings. The fourth-order valence-corrected chi connectivity index (χ4v) is 4.55. The first-order valence-electron chi connectivity index (χ1n) is 6.21. The molecular weight excluding hydrogens is 258 g/mol. The summed E-state index contributed by atoms with van der Waals surface area (Å²) in [6, 6.07) is 0. The molecule has 18 heavy (non-hydrogen) atoms. The molecule has 0 aromatic carbocycles. The van der Waals surface area contributed by atoms with E-state index >= 15 is 0 Å². The Balaban J connectivity index is 1.73. The lowest BCUT2D eigenvalue weighted by Gasteiger charge is -2.30. The zero-order valence-corrected chi connectivity index (χ0v) is 10.7. The largest absolute Gasteiger partial charge is 0.393 e. The number of carbonyl (C=O) groups is 2. The number of rotatable bonds is 3. The van der Waals surface area contributed by atoms with Gasteiger partial charge in [-0.25, -0.2) is 12.7 Å². The number of cyclic esters (lactones) is 2. The topological polar surface area (TPSA) is 80.8 Å². The summed E-state index contributed by atoms with van der Waals surface area (Å²) in [4.78, 5) is 22.8. The smallest absolute Gasteiger partial charge is 0.318 e. The van der Waals surface area contributed by atoms with E-state index in [1.165, 1.54) is 4.31 Å². The first-order valence-corrected chi connectivity index (χ1v) is 7.81. The average Bonchev–Trinajstić information content (AvgIpc) is 3.06. The maximum Gasteiger partial charge on any atom is 0.318 e. The summed E-state index contributed by atoms with van der Waals surface area (Å²) in [5, 5.41) is 0. The van der Waals surface area contributed by atoms with Crippen molar-refractivity contribution in [3.05, 3.63) is 0 Å². The van der Waals surface area contributed by atoms with Crippen LogP contribution in [-0.2, 0) is 24.3 Å². The maximum absolute atomic E-state index is 12.1. The van der Waals surface area contributed by atoms with Gasteiger partial charge in [-0.15, -0.1) is 0 Å². The van der Waals surface area contributed by atoms with Crippen LogP contribution in [0, 0.1) is 17.8 Å². The molecule has 0 bridgehead atoms. The lowest BCUT2D eigenvalue weighted by Crippen LogP contribution is -2.45. The highest BCUT2D eigenvalue weighted by atomic mass is 32.2. The van der Waals surface area contributed by atoms with Gasteiger partial charge in [0.05, 0.1) is 17.6 Å². The molecule has 2 unspecified atom stereocenters. The van der Waals surface area contributed by atoms with Crippen LogP contribution in [0.25, 0.3) is 0 Å². The van der Waals surface area contributed by atoms with Crippen molar-refractivity contribution in [3.63, 3.8) is 0 Å². The highest BCUT2D eigenvalue weighted by molar-refractivity contribution is 7.89. The zero-order valence-electron chi connectivity index (χ0n) is 9.87. The van der Waals surface area contributed by atoms with Gasteiger partial charge in [-0.05, 0) is 25.2 Å². The summed E-state index contributed by atoms with van der Waals surface area (Å²) in [6.45, 7) is 0.420. The second-order valence-electron chi connectivity index (χ2n) is 5.32. The third kappa shape index (κ3) is 2.05. The van der Waals surface area contributed by atoms with Crippen molar-refractivity contribution in [2.24, 2.45) is 17.8 Å². The van der Waals surface area contributed by atoms with Gasteiger partial charge >= 0.3 is 11.9 Å². The van der Waals surface area contributed by atoms with Crippen molar-refractivity contribution < 1.29 is 22.7 Å². The van der Waals surface area contributed by atoms with E-state index in [1.54, 1.807) is 0 Å². The molecule has 3 aliphatic rings. The van der Waals surface area contributed by atoms with Gasteiger partial charge in [0.1, 0.15) is 0 Å². The van der Waals surface area contributed by atoms with Crippen molar-refractivity contribution in [2.45, 2.75) is 19.3 Å². The lowest BCUT2D eigenvalue weighted by atomic mass is 9.89. The van der Waals surface area contributed by atoms with E-state index in [1.807, 2.05) is 0 Å². The summed E-state index contributed by atoms with van der Waals surface area (Å²) >= 11 is 0. The Morgan fingerprint density at radius 3 is 2.44 bits per heavy atom. The summed E-state index contributed by atoms with van der Waals surface area (Å²) in [7, 11) is -3.29. The fraction of sp³-hybridized carbons (Fsp3) is 0.818. The lowest BCUT2D eigenvalue weighted by molar-refractivity contribution is -0.153. The summed E-state index contributed by atoms with van der Waals surface area (Å²) in [5.41, 5.74) is 0. The Morgan fingerprint density at radius 2 is 1.78 bits per heavy atom. The van der Waals surface area contributed by atoms with Gasteiger partial charge in [0.25, 0.3) is 0 Å². The molecule has 2 heterocycles. The number of piperidine rings is 1. The molecule has 2 aliphatic heterocycles. The summed E-state index contributed by atoms with van der Waals surface area (Å²) in [6.07, 6.45) is 2.33. The normalized spacial score (nSPS) is 33.3. The van der Waals surface area contributed by atoms with Crippen molar-refractivity contribution in [2.75, 3.05) is 18.8 Å². The third-order valence-corrected chi connectivity index (χ3v) is 5.93. The van der Waals surface area contributed by atoms with E-state index in [-0.39, 0.29) is 18.2 Å². The number of fused-ring (bicyclic) bond motifs is 1. The Bertz CT molecular complexity index is 496. The van der Waals surface area contributed by atoms with Crippen LogP contribution in [0.5, 0.6) is 0 Å². The highest BCUT2D eigenvalue weighted by Gasteiger charge is 2.49. The number of ether oxygens (including phenoxy) is 1. The van der Waals surface area contributed by atoms with Crippen LogP contribution in [0.3, 0.4) is 0 Å². The van der Waals surface area contributed by atoms with Crippen LogP contribution in [0.2, 0.25) is 0 Å². The second kappa shape index (κ2) is 4.03. The molecule has 0 radical (unpaired) electrons. The quantitative estimate of drug-likeness (QED) is 0.523. The molecule has 3 fully saturated rings. The van der Waals surface area contributed by atoms with Crippen LogP contribution >= 0.6 is 0 Å². The molecule has 1 saturated carbocycles. The van der Waals surface area contributed by atoms with Gasteiger partial charge in [0.15, 0.2) is 0 Å². The minimum atomic E-state index is -3.29. The molecule has 3 rings (SSSR count). The van der Waals surface area contributed by atoms with Crippen LogP contribution in [0.1, 0.15) is 19.3 Å². The maximum atomic E-state index is 12.1. The first kappa shape index (κ1) is 12.1. The molecule has 2 atom stereocenters. The molecule has 2 saturated heterocycles. The van der Waals surface area contributed by atoms with Crippen molar-refractivity contribution in [1.29, 1.82) is 0 Å². The monoisotopic (exact) mass is 273 g/mol. The molecule has 0 spiro atoms. The Morgan fingerprint density at radius 1 is 1.11 bits per heavy atom. The van der Waals surface area contributed by atoms with Gasteiger partial charge in [0, 0.05) is 13.1 Å². The second-order valence-corrected chi connectivity index (χ2v) is 7.34. The van der Waals surface area contributed by atoms with Crippen LogP contribution in [0.15, 0.2) is 0 Å². The molecule has 100 valence electrons. The van der Waals surface area contributed by atoms with E-state index in [4.69, 9.17) is 0 Å². The van der Waals surface area contributed by atoms with Gasteiger partial charge in [-0.2, -0.15) is 0 Å². The Labute approximate surface area is 105 Å². The highest BCUT2D eigenvalue weighted by Crippen LogP contribution is 2.35. The van der Waals surface area contributed by atoms with Crippen molar-refractivity contribution in [3.8, 4) is 0 Å². The SMILES string of the molecule is O=C1OC(=O)C2CN(S(=O)(=O)CC3CC3)CCC12. The van der Waals surface area contributed by atoms with Crippen molar-refractivity contribution >= 4 is 22.0 Å². The fourth-order valence-electron chi connectivity index (χ4n) is 2.63. The number of hydrogen-bond acceptors (Lipinski definition) is 5. The van der Waals surface area contributed by atoms with Crippen LogP contribution in [-0.4, -0.2) is 43.5 Å². The van der Waals surface area contributed by atoms with E-state index < -0.39 is 33.8 Å². The van der Waals surface area contributed by atoms with Crippen molar-refractivity contribution in [1.82, 2.24) is 4.31 Å². The standard InChI is InChI=1S/C11H15NO5S/c13-10-8-3-4-12(5-9(8)11(14)17-10)18(15,16)6-7-1-2-7/h7-9H,1-6H2. The average molecular weight is 273 g/mol. The summed E-state index contributed by atoms with van der Waals surface area (Å²) in [5.74, 6) is -1.65. The number of esters is 2. The molecular formula is C11H15NO5S. The molecule has 1 aliphatic carbocycles. The van der Waals surface area contributed by atoms with Crippen LogP contribution in [0.4, 0.5) is 0 Å². The number of carbonyl (C=O) groups excluding carboxylic acids is 2. The molecule has 0 N–H and O–H groups in total. The minimum absolute atomic E-state index is 0.101. The zero-order chi connectivity index (χ0) is 12.9. The Kier molecular flexibility index (Phi) is 2.71. The first-order chi connectivity index (χ1) is 8.47. The van der Waals surface area contributed by atoms with E-state index in [0.717, 1.165) is 12.8 Å². The van der Waals surface area contributed by atoms with E-state index in [2.05, 4.69) is 4.74 Å². The number of hydrogen-bond donors (Lipinski definition) is 0. The summed E-state index contributed by atoms with van der Waals surface area (Å²) < 4.78 is 30.1. The predicted octanol–water partition coefficient (Wildman–Crippen LogP) is -0.252. The van der Waals surface area contributed by atoms with E-state index in [0.29, 0.717) is 13.0 Å². The third-order valence-electron chi connectivity index (χ3n) is 3.92. The van der Waals surface area contributed by atoms with Gasteiger partial charge in [-0.1, -0.05) is 0 Å². The van der Waals surface area contributed by atoms with Gasteiger partial charge in [0.2, 0.25) is 10.0 Å². The number of nitrogens with zero attached hydrogens (tertiary/aromatic N) is 1. The minimum Gasteiger partial charge on any atom is -0.393 e. The van der Waals surface area contributed by atoms with E-state index in [9.17, 15) is 18.0 Å². The van der Waals surface area contributed by atoms with Crippen LogP contribution < -0.4 is 0 Å². The molecule has 6 nitrogen and oxygen atoms in total. The van der Waals surface area contributed by atoms with Gasteiger partial charge < -0.3 is 4.74 Å². The molecule has 0 aromatic heterocycles. The molecule has 7 heteroatoms. The molecule has 0 amide bonds. The number of sulfonamides is 1. The Hall–Kier alpha value is -0.950. The predicted molar refractivity (Wildman–Crippen MR) is 60.8 cm³/mol.